The molecule has 1 nitrogen and oxygen atoms in total. The number of hydrogen-bond donors (Lipinski definition) is 1. The summed E-state index contributed by atoms with van der Waals surface area (Å²) < 4.78 is 0. The zero-order chi connectivity index (χ0) is 8.13. The van der Waals surface area contributed by atoms with Crippen molar-refractivity contribution in [2.75, 3.05) is 6.61 Å². The Kier molecular flexibility index (Phi) is 1.52. The lowest BCUT2D eigenvalue weighted by Gasteiger charge is -2.27. The molecule has 0 unspecified atom stereocenters. The second-order valence-electron chi connectivity index (χ2n) is 5.09. The maximum absolute atomic E-state index is 9.24. The lowest BCUT2D eigenvalue weighted by atomic mass is 9.78. The second-order valence-corrected chi connectivity index (χ2v) is 5.09. The Morgan fingerprint density at radius 3 is 2.67 bits per heavy atom. The predicted octanol–water partition coefficient (Wildman–Crippen LogP) is 2.05. The smallest absolute Gasteiger partial charge is 0.0462 e. The first kappa shape index (κ1) is 7.37. The molecule has 0 amide bonds. The minimum absolute atomic E-state index is 0.463. The van der Waals surface area contributed by atoms with Gasteiger partial charge < -0.3 is 5.11 Å². The standard InChI is InChI=1S/C11H18O/c12-6-9-3-4-10-7-1-2-8(5-7)11(9)10/h7-12H,1-6H2/t7-,8-,9-,10-,11+/m0/s1. The molecule has 3 aliphatic rings. The van der Waals surface area contributed by atoms with Gasteiger partial charge in [-0.15, -0.1) is 0 Å². The van der Waals surface area contributed by atoms with Crippen LogP contribution in [-0.2, 0) is 0 Å². The summed E-state index contributed by atoms with van der Waals surface area (Å²) in [4.78, 5) is 0. The Morgan fingerprint density at radius 2 is 1.83 bits per heavy atom. The molecule has 0 aromatic carbocycles. The van der Waals surface area contributed by atoms with E-state index >= 15 is 0 Å². The van der Waals surface area contributed by atoms with Crippen LogP contribution in [0, 0.1) is 29.6 Å². The van der Waals surface area contributed by atoms with Gasteiger partial charge in [0.15, 0.2) is 0 Å². The van der Waals surface area contributed by atoms with Gasteiger partial charge in [0, 0.05) is 6.61 Å². The first-order valence-corrected chi connectivity index (χ1v) is 5.51. The molecule has 0 aromatic heterocycles. The molecule has 0 aliphatic heterocycles. The normalized spacial score (nSPS) is 56.2. The molecular weight excluding hydrogens is 148 g/mol. The first-order chi connectivity index (χ1) is 5.90. The van der Waals surface area contributed by atoms with Crippen LogP contribution in [0.5, 0.6) is 0 Å². The van der Waals surface area contributed by atoms with Crippen molar-refractivity contribution >= 4 is 0 Å². The highest BCUT2D eigenvalue weighted by Gasteiger charge is 2.52. The van der Waals surface area contributed by atoms with Crippen molar-refractivity contribution in [1.82, 2.24) is 0 Å². The molecule has 3 rings (SSSR count). The van der Waals surface area contributed by atoms with Gasteiger partial charge in [0.2, 0.25) is 0 Å². The van der Waals surface area contributed by atoms with Gasteiger partial charge in [-0.1, -0.05) is 0 Å². The van der Waals surface area contributed by atoms with Gasteiger partial charge in [0.1, 0.15) is 0 Å². The van der Waals surface area contributed by atoms with Crippen LogP contribution in [0.3, 0.4) is 0 Å². The maximum atomic E-state index is 9.24. The van der Waals surface area contributed by atoms with Crippen molar-refractivity contribution in [3.8, 4) is 0 Å². The summed E-state index contributed by atoms with van der Waals surface area (Å²) in [7, 11) is 0. The van der Waals surface area contributed by atoms with E-state index in [1.807, 2.05) is 0 Å². The van der Waals surface area contributed by atoms with E-state index in [1.165, 1.54) is 32.1 Å². The fourth-order valence-corrected chi connectivity index (χ4v) is 4.43. The van der Waals surface area contributed by atoms with Crippen LogP contribution in [-0.4, -0.2) is 11.7 Å². The van der Waals surface area contributed by atoms with Gasteiger partial charge in [-0.05, 0) is 61.7 Å². The first-order valence-electron chi connectivity index (χ1n) is 5.51. The predicted molar refractivity (Wildman–Crippen MR) is 47.6 cm³/mol. The van der Waals surface area contributed by atoms with Crippen LogP contribution >= 0.6 is 0 Å². The SMILES string of the molecule is OC[C@@H]1CC[C@H]2[C@H]3CC[C@@H](C3)[C@H]12. The molecule has 12 heavy (non-hydrogen) atoms. The number of aliphatic hydroxyl groups is 1. The van der Waals surface area contributed by atoms with Crippen molar-refractivity contribution in [1.29, 1.82) is 0 Å². The summed E-state index contributed by atoms with van der Waals surface area (Å²) in [6.45, 7) is 0.463. The van der Waals surface area contributed by atoms with Crippen LogP contribution < -0.4 is 0 Å². The van der Waals surface area contributed by atoms with Crippen LogP contribution in [0.15, 0.2) is 0 Å². The molecule has 0 heterocycles. The molecule has 1 N–H and O–H groups in total. The minimum atomic E-state index is 0.463. The number of hydrogen-bond acceptors (Lipinski definition) is 1. The zero-order valence-corrected chi connectivity index (χ0v) is 7.58. The molecule has 5 atom stereocenters. The third-order valence-electron chi connectivity index (χ3n) is 4.81. The van der Waals surface area contributed by atoms with Gasteiger partial charge in [-0.2, -0.15) is 0 Å². The van der Waals surface area contributed by atoms with E-state index in [9.17, 15) is 5.11 Å². The van der Waals surface area contributed by atoms with E-state index in [-0.39, 0.29) is 0 Å². The molecule has 0 saturated heterocycles. The van der Waals surface area contributed by atoms with Gasteiger partial charge in [0.05, 0.1) is 0 Å². The van der Waals surface area contributed by atoms with Gasteiger partial charge in [0.25, 0.3) is 0 Å². The van der Waals surface area contributed by atoms with Crippen LogP contribution in [0.4, 0.5) is 0 Å². The molecule has 1 heteroatoms. The highest BCUT2D eigenvalue weighted by atomic mass is 16.3. The van der Waals surface area contributed by atoms with Crippen molar-refractivity contribution in [2.24, 2.45) is 29.6 Å². The minimum Gasteiger partial charge on any atom is -0.396 e. The Morgan fingerprint density at radius 1 is 1.00 bits per heavy atom. The lowest BCUT2D eigenvalue weighted by molar-refractivity contribution is 0.142. The molecule has 3 fully saturated rings. The van der Waals surface area contributed by atoms with Crippen LogP contribution in [0.25, 0.3) is 0 Å². The molecule has 3 saturated carbocycles. The zero-order valence-electron chi connectivity index (χ0n) is 7.58. The molecule has 2 bridgehead atoms. The van der Waals surface area contributed by atoms with E-state index < -0.39 is 0 Å². The van der Waals surface area contributed by atoms with E-state index in [1.54, 1.807) is 0 Å². The van der Waals surface area contributed by atoms with Crippen LogP contribution in [0.2, 0.25) is 0 Å². The summed E-state index contributed by atoms with van der Waals surface area (Å²) in [5.41, 5.74) is 0. The second kappa shape index (κ2) is 2.47. The van der Waals surface area contributed by atoms with Crippen LogP contribution in [0.1, 0.15) is 32.1 Å². The molecule has 0 aromatic rings. The van der Waals surface area contributed by atoms with Crippen molar-refractivity contribution in [3.05, 3.63) is 0 Å². The highest BCUT2D eigenvalue weighted by molar-refractivity contribution is 5.02. The Labute approximate surface area is 74.2 Å². The average Bonchev–Trinajstić information content (AvgIpc) is 2.76. The number of aliphatic hydroxyl groups excluding tert-OH is 1. The number of fused-ring (bicyclic) bond motifs is 5. The fraction of sp³-hybridized carbons (Fsp3) is 1.00. The summed E-state index contributed by atoms with van der Waals surface area (Å²) in [5, 5.41) is 9.24. The summed E-state index contributed by atoms with van der Waals surface area (Å²) >= 11 is 0. The molecule has 68 valence electrons. The van der Waals surface area contributed by atoms with Crippen molar-refractivity contribution in [3.63, 3.8) is 0 Å². The summed E-state index contributed by atoms with van der Waals surface area (Å²) in [5.74, 6) is 4.73. The molecule has 0 spiro atoms. The molecule has 3 aliphatic carbocycles. The van der Waals surface area contributed by atoms with E-state index in [4.69, 9.17) is 0 Å². The lowest BCUT2D eigenvalue weighted by Crippen LogP contribution is -2.23. The highest BCUT2D eigenvalue weighted by Crippen LogP contribution is 2.60. The topological polar surface area (TPSA) is 20.2 Å². The quantitative estimate of drug-likeness (QED) is 0.632. The summed E-state index contributed by atoms with van der Waals surface area (Å²) in [6.07, 6.45) is 7.23. The van der Waals surface area contributed by atoms with Crippen molar-refractivity contribution in [2.45, 2.75) is 32.1 Å². The van der Waals surface area contributed by atoms with Crippen molar-refractivity contribution < 1.29 is 5.11 Å². The Bertz CT molecular complexity index is 187. The monoisotopic (exact) mass is 166 g/mol. The Hall–Kier alpha value is -0.0400. The Balaban J connectivity index is 1.85. The van der Waals surface area contributed by atoms with Gasteiger partial charge in [-0.3, -0.25) is 0 Å². The van der Waals surface area contributed by atoms with Gasteiger partial charge in [-0.25, -0.2) is 0 Å². The van der Waals surface area contributed by atoms with Gasteiger partial charge >= 0.3 is 0 Å². The van der Waals surface area contributed by atoms with E-state index in [2.05, 4.69) is 0 Å². The third kappa shape index (κ3) is 0.783. The number of rotatable bonds is 1. The summed E-state index contributed by atoms with van der Waals surface area (Å²) in [6, 6.07) is 0. The maximum Gasteiger partial charge on any atom is 0.0462 e. The average molecular weight is 166 g/mol. The molecular formula is C11H18O. The third-order valence-corrected chi connectivity index (χ3v) is 4.81. The fourth-order valence-electron chi connectivity index (χ4n) is 4.43. The van der Waals surface area contributed by atoms with E-state index in [0.717, 1.165) is 23.7 Å². The van der Waals surface area contributed by atoms with E-state index in [0.29, 0.717) is 12.5 Å². The molecule has 0 radical (unpaired) electrons. The largest absolute Gasteiger partial charge is 0.396 e.